The number of carboxylic acids is 1. The van der Waals surface area contributed by atoms with Crippen LogP contribution in [0, 0.1) is 0 Å². The molecule has 0 bridgehead atoms. The lowest BCUT2D eigenvalue weighted by Crippen LogP contribution is -2.28. The van der Waals surface area contributed by atoms with Crippen LogP contribution in [-0.4, -0.2) is 36.2 Å². The molecule has 6 nitrogen and oxygen atoms in total. The molecular weight excluding hydrogens is 250 g/mol. The molecule has 1 aliphatic carbocycles. The molecular formula is C13H17NO5. The van der Waals surface area contributed by atoms with E-state index in [1.165, 1.54) is 18.9 Å². The van der Waals surface area contributed by atoms with Gasteiger partial charge < -0.3 is 19.6 Å². The summed E-state index contributed by atoms with van der Waals surface area (Å²) in [4.78, 5) is 22.3. The second-order valence-electron chi connectivity index (χ2n) is 4.54. The van der Waals surface area contributed by atoms with E-state index in [1.807, 2.05) is 0 Å². The Hall–Kier alpha value is -1.82. The van der Waals surface area contributed by atoms with Crippen molar-refractivity contribution < 1.29 is 23.8 Å². The molecule has 0 aliphatic heterocycles. The van der Waals surface area contributed by atoms with Crippen LogP contribution < -0.4 is 5.32 Å². The predicted molar refractivity (Wildman–Crippen MR) is 66.2 cm³/mol. The van der Waals surface area contributed by atoms with E-state index in [9.17, 15) is 9.59 Å². The molecule has 2 rings (SSSR count). The number of carbonyl (C=O) groups is 2. The smallest absolute Gasteiger partial charge is 0.338 e. The van der Waals surface area contributed by atoms with Crippen molar-refractivity contribution in [2.45, 2.75) is 31.8 Å². The van der Waals surface area contributed by atoms with E-state index < -0.39 is 11.9 Å². The fourth-order valence-electron chi connectivity index (χ4n) is 2.10. The minimum atomic E-state index is -1.12. The first-order valence-electron chi connectivity index (χ1n) is 6.38. The van der Waals surface area contributed by atoms with E-state index in [-0.39, 0.29) is 11.3 Å². The summed E-state index contributed by atoms with van der Waals surface area (Å²) in [6.07, 6.45) is 5.97. The fraction of sp³-hybridized carbons (Fsp3) is 0.538. The average Bonchev–Trinajstić information content (AvgIpc) is 3.05. The first-order chi connectivity index (χ1) is 9.16. The molecule has 1 fully saturated rings. The molecule has 104 valence electrons. The van der Waals surface area contributed by atoms with Gasteiger partial charge in [0.25, 0.3) is 5.91 Å². The summed E-state index contributed by atoms with van der Waals surface area (Å²) in [6, 6.07) is 1.20. The summed E-state index contributed by atoms with van der Waals surface area (Å²) in [6.45, 7) is 0.849. The second kappa shape index (κ2) is 6.38. The SMILES string of the molecule is O=C(O)c1coc(C(=O)NCCOC2CCCC2)c1. The van der Waals surface area contributed by atoms with E-state index in [1.54, 1.807) is 0 Å². The molecule has 19 heavy (non-hydrogen) atoms. The third-order valence-corrected chi connectivity index (χ3v) is 3.11. The van der Waals surface area contributed by atoms with Gasteiger partial charge in [0.15, 0.2) is 5.76 Å². The van der Waals surface area contributed by atoms with Gasteiger partial charge in [-0.25, -0.2) is 4.79 Å². The molecule has 0 spiro atoms. The zero-order chi connectivity index (χ0) is 13.7. The van der Waals surface area contributed by atoms with Crippen molar-refractivity contribution >= 4 is 11.9 Å². The number of amides is 1. The number of furan rings is 1. The molecule has 6 heteroatoms. The number of ether oxygens (including phenoxy) is 1. The highest BCUT2D eigenvalue weighted by molar-refractivity contribution is 5.95. The quantitative estimate of drug-likeness (QED) is 0.765. The molecule has 0 radical (unpaired) electrons. The summed E-state index contributed by atoms with van der Waals surface area (Å²) >= 11 is 0. The maximum absolute atomic E-state index is 11.6. The number of nitrogens with one attached hydrogen (secondary N) is 1. The van der Waals surface area contributed by atoms with Gasteiger partial charge in [-0.15, -0.1) is 0 Å². The monoisotopic (exact) mass is 267 g/mol. The molecule has 1 aliphatic rings. The zero-order valence-electron chi connectivity index (χ0n) is 10.6. The Labute approximate surface area is 110 Å². The maximum atomic E-state index is 11.6. The van der Waals surface area contributed by atoms with Crippen molar-refractivity contribution in [3.8, 4) is 0 Å². The number of hydrogen-bond donors (Lipinski definition) is 2. The molecule has 0 atom stereocenters. The summed E-state index contributed by atoms with van der Waals surface area (Å²) in [5.74, 6) is -1.55. The van der Waals surface area contributed by atoms with Crippen LogP contribution in [-0.2, 0) is 4.74 Å². The summed E-state index contributed by atoms with van der Waals surface area (Å²) in [5.41, 5.74) is -0.0349. The number of aromatic carboxylic acids is 1. The van der Waals surface area contributed by atoms with E-state index in [0.29, 0.717) is 19.3 Å². The fourth-order valence-corrected chi connectivity index (χ4v) is 2.10. The highest BCUT2D eigenvalue weighted by Gasteiger charge is 2.16. The number of rotatable bonds is 6. The van der Waals surface area contributed by atoms with Gasteiger partial charge in [-0.05, 0) is 12.8 Å². The van der Waals surface area contributed by atoms with Crippen LogP contribution in [0.15, 0.2) is 16.7 Å². The second-order valence-corrected chi connectivity index (χ2v) is 4.54. The lowest BCUT2D eigenvalue weighted by molar-refractivity contribution is 0.0577. The van der Waals surface area contributed by atoms with Crippen molar-refractivity contribution in [1.29, 1.82) is 0 Å². The van der Waals surface area contributed by atoms with Gasteiger partial charge in [-0.3, -0.25) is 4.79 Å². The van der Waals surface area contributed by atoms with E-state index in [4.69, 9.17) is 14.3 Å². The Morgan fingerprint density at radius 1 is 1.42 bits per heavy atom. The van der Waals surface area contributed by atoms with Gasteiger partial charge in [-0.2, -0.15) is 0 Å². The van der Waals surface area contributed by atoms with Crippen molar-refractivity contribution in [1.82, 2.24) is 5.32 Å². The lowest BCUT2D eigenvalue weighted by atomic mass is 10.3. The lowest BCUT2D eigenvalue weighted by Gasteiger charge is -2.10. The molecule has 1 heterocycles. The van der Waals surface area contributed by atoms with Crippen LogP contribution in [0.1, 0.15) is 46.6 Å². The molecule has 0 saturated heterocycles. The van der Waals surface area contributed by atoms with Crippen LogP contribution in [0.2, 0.25) is 0 Å². The van der Waals surface area contributed by atoms with Gasteiger partial charge >= 0.3 is 5.97 Å². The first kappa shape index (κ1) is 13.6. The highest BCUT2D eigenvalue weighted by atomic mass is 16.5. The molecule has 1 saturated carbocycles. The van der Waals surface area contributed by atoms with E-state index >= 15 is 0 Å². The topological polar surface area (TPSA) is 88.8 Å². The maximum Gasteiger partial charge on any atom is 0.338 e. The molecule has 0 aromatic carbocycles. The highest BCUT2D eigenvalue weighted by Crippen LogP contribution is 2.20. The van der Waals surface area contributed by atoms with Crippen molar-refractivity contribution in [3.63, 3.8) is 0 Å². The predicted octanol–water partition coefficient (Wildman–Crippen LogP) is 1.67. The average molecular weight is 267 g/mol. The minimum Gasteiger partial charge on any atom is -0.478 e. The standard InChI is InChI=1S/C13H17NO5/c15-12(11-7-9(8-19-11)13(16)17)14-5-6-18-10-3-1-2-4-10/h7-8,10H,1-6H2,(H,14,15)(H,16,17). The Morgan fingerprint density at radius 3 is 2.79 bits per heavy atom. The van der Waals surface area contributed by atoms with Crippen LogP contribution >= 0.6 is 0 Å². The largest absolute Gasteiger partial charge is 0.478 e. The van der Waals surface area contributed by atoms with E-state index in [0.717, 1.165) is 19.1 Å². The van der Waals surface area contributed by atoms with Gasteiger partial charge in [0.1, 0.15) is 6.26 Å². The Kier molecular flexibility index (Phi) is 4.57. The van der Waals surface area contributed by atoms with Crippen molar-refractivity contribution in [3.05, 3.63) is 23.7 Å². The summed E-state index contributed by atoms with van der Waals surface area (Å²) in [7, 11) is 0. The molecule has 1 amide bonds. The Morgan fingerprint density at radius 2 is 2.16 bits per heavy atom. The van der Waals surface area contributed by atoms with Crippen molar-refractivity contribution in [2.75, 3.05) is 13.2 Å². The molecule has 2 N–H and O–H groups in total. The third-order valence-electron chi connectivity index (χ3n) is 3.11. The normalized spacial score (nSPS) is 15.6. The number of carboxylic acid groups (broad SMARTS) is 1. The zero-order valence-corrected chi connectivity index (χ0v) is 10.6. The van der Waals surface area contributed by atoms with Gasteiger partial charge in [-0.1, -0.05) is 12.8 Å². The van der Waals surface area contributed by atoms with Gasteiger partial charge in [0.2, 0.25) is 0 Å². The number of hydrogen-bond acceptors (Lipinski definition) is 4. The molecule has 0 unspecified atom stereocenters. The van der Waals surface area contributed by atoms with Gasteiger partial charge in [0, 0.05) is 12.6 Å². The van der Waals surface area contributed by atoms with Crippen molar-refractivity contribution in [2.24, 2.45) is 0 Å². The van der Waals surface area contributed by atoms with Crippen LogP contribution in [0.3, 0.4) is 0 Å². The van der Waals surface area contributed by atoms with Crippen LogP contribution in [0.25, 0.3) is 0 Å². The first-order valence-corrected chi connectivity index (χ1v) is 6.38. The van der Waals surface area contributed by atoms with Crippen LogP contribution in [0.5, 0.6) is 0 Å². The number of carbonyl (C=O) groups excluding carboxylic acids is 1. The van der Waals surface area contributed by atoms with Crippen LogP contribution in [0.4, 0.5) is 0 Å². The molecule has 1 aromatic heterocycles. The van der Waals surface area contributed by atoms with E-state index in [2.05, 4.69) is 5.32 Å². The Balaban J connectivity index is 1.69. The Bertz CT molecular complexity index is 448. The third kappa shape index (κ3) is 3.82. The summed E-state index contributed by atoms with van der Waals surface area (Å²) < 4.78 is 10.5. The minimum absolute atomic E-state index is 0.00161. The molecule has 1 aromatic rings. The van der Waals surface area contributed by atoms with Gasteiger partial charge in [0.05, 0.1) is 18.3 Å². The summed E-state index contributed by atoms with van der Waals surface area (Å²) in [5, 5.41) is 11.3.